The van der Waals surface area contributed by atoms with Crippen molar-refractivity contribution in [2.75, 3.05) is 4.43 Å². The molecular formula is C9H19I. The second-order valence-corrected chi connectivity index (χ2v) is 4.27. The summed E-state index contributed by atoms with van der Waals surface area (Å²) >= 11 is 2.48. The quantitative estimate of drug-likeness (QED) is 0.516. The Morgan fingerprint density at radius 3 is 2.20 bits per heavy atom. The van der Waals surface area contributed by atoms with Crippen LogP contribution in [-0.4, -0.2) is 4.43 Å². The van der Waals surface area contributed by atoms with Crippen LogP contribution >= 0.6 is 22.6 Å². The van der Waals surface area contributed by atoms with Crippen LogP contribution in [0.3, 0.4) is 0 Å². The van der Waals surface area contributed by atoms with E-state index in [1.807, 2.05) is 0 Å². The SMILES string of the molecule is CCC[C@H](C)C[C@H](C)CI. The molecule has 2 atom stereocenters. The van der Waals surface area contributed by atoms with Gasteiger partial charge in [-0.3, -0.25) is 0 Å². The van der Waals surface area contributed by atoms with Crippen LogP contribution in [0.5, 0.6) is 0 Å². The first kappa shape index (κ1) is 10.7. The second-order valence-electron chi connectivity index (χ2n) is 3.39. The smallest absolute Gasteiger partial charge is 0.00211 e. The van der Waals surface area contributed by atoms with E-state index in [4.69, 9.17) is 0 Å². The van der Waals surface area contributed by atoms with Crippen LogP contribution in [0.15, 0.2) is 0 Å². The molecule has 0 N–H and O–H groups in total. The van der Waals surface area contributed by atoms with Gasteiger partial charge in [0.1, 0.15) is 0 Å². The number of halogens is 1. The summed E-state index contributed by atoms with van der Waals surface area (Å²) < 4.78 is 1.31. The zero-order chi connectivity index (χ0) is 7.98. The second kappa shape index (κ2) is 6.44. The van der Waals surface area contributed by atoms with E-state index in [1.165, 1.54) is 23.7 Å². The van der Waals surface area contributed by atoms with Crippen LogP contribution in [0.2, 0.25) is 0 Å². The van der Waals surface area contributed by atoms with Gasteiger partial charge in [0.15, 0.2) is 0 Å². The minimum absolute atomic E-state index is 0.919. The van der Waals surface area contributed by atoms with Crippen LogP contribution in [0.1, 0.15) is 40.0 Å². The predicted octanol–water partition coefficient (Wildman–Crippen LogP) is 3.88. The summed E-state index contributed by atoms with van der Waals surface area (Å²) in [6.45, 7) is 6.98. The molecule has 0 aliphatic carbocycles. The largest absolute Gasteiger partial charge is 0.0861 e. The van der Waals surface area contributed by atoms with Crippen molar-refractivity contribution in [2.24, 2.45) is 11.8 Å². The van der Waals surface area contributed by atoms with Crippen molar-refractivity contribution >= 4 is 22.6 Å². The van der Waals surface area contributed by atoms with Gasteiger partial charge in [0, 0.05) is 4.43 Å². The van der Waals surface area contributed by atoms with Crippen molar-refractivity contribution in [2.45, 2.75) is 40.0 Å². The maximum atomic E-state index is 2.48. The highest BCUT2D eigenvalue weighted by Crippen LogP contribution is 2.17. The molecular weight excluding hydrogens is 235 g/mol. The highest BCUT2D eigenvalue weighted by Gasteiger charge is 2.05. The summed E-state index contributed by atoms with van der Waals surface area (Å²) in [4.78, 5) is 0. The molecule has 62 valence electrons. The van der Waals surface area contributed by atoms with Crippen LogP contribution < -0.4 is 0 Å². The van der Waals surface area contributed by atoms with Crippen molar-refractivity contribution < 1.29 is 0 Å². The maximum absolute atomic E-state index is 2.48. The normalized spacial score (nSPS) is 16.8. The fourth-order valence-corrected chi connectivity index (χ4v) is 1.72. The minimum Gasteiger partial charge on any atom is -0.0861 e. The summed E-state index contributed by atoms with van der Waals surface area (Å²) in [6.07, 6.45) is 4.16. The molecule has 0 aromatic rings. The molecule has 0 spiro atoms. The lowest BCUT2D eigenvalue weighted by Crippen LogP contribution is -2.03. The number of rotatable bonds is 5. The molecule has 0 aliphatic rings. The van der Waals surface area contributed by atoms with Gasteiger partial charge in [-0.2, -0.15) is 0 Å². The van der Waals surface area contributed by atoms with Gasteiger partial charge in [0.05, 0.1) is 0 Å². The molecule has 0 nitrogen and oxygen atoms in total. The van der Waals surface area contributed by atoms with E-state index in [0.29, 0.717) is 0 Å². The Hall–Kier alpha value is 0.730. The Labute approximate surface area is 78.9 Å². The Balaban J connectivity index is 3.27. The first-order valence-electron chi connectivity index (χ1n) is 4.26. The minimum atomic E-state index is 0.919. The third kappa shape index (κ3) is 5.51. The predicted molar refractivity (Wildman–Crippen MR) is 56.7 cm³/mol. The van der Waals surface area contributed by atoms with E-state index in [1.54, 1.807) is 0 Å². The molecule has 0 aromatic heterocycles. The van der Waals surface area contributed by atoms with Gasteiger partial charge in [-0.25, -0.2) is 0 Å². The number of alkyl halides is 1. The molecule has 0 bridgehead atoms. The Morgan fingerprint density at radius 2 is 1.80 bits per heavy atom. The Bertz CT molecular complexity index is 71.1. The van der Waals surface area contributed by atoms with E-state index in [2.05, 4.69) is 43.4 Å². The van der Waals surface area contributed by atoms with Crippen molar-refractivity contribution in [1.82, 2.24) is 0 Å². The molecule has 0 saturated carbocycles. The maximum Gasteiger partial charge on any atom is 0.00211 e. The molecule has 0 aliphatic heterocycles. The first-order chi connectivity index (χ1) is 4.70. The molecule has 1 heteroatoms. The Morgan fingerprint density at radius 1 is 1.20 bits per heavy atom. The molecule has 0 unspecified atom stereocenters. The summed E-state index contributed by atoms with van der Waals surface area (Å²) in [6, 6.07) is 0. The third-order valence-corrected chi connectivity index (χ3v) is 3.35. The average molecular weight is 254 g/mol. The van der Waals surface area contributed by atoms with Crippen molar-refractivity contribution in [3.8, 4) is 0 Å². The monoisotopic (exact) mass is 254 g/mol. The van der Waals surface area contributed by atoms with E-state index >= 15 is 0 Å². The van der Waals surface area contributed by atoms with Crippen LogP contribution in [0.25, 0.3) is 0 Å². The van der Waals surface area contributed by atoms with Crippen LogP contribution in [0, 0.1) is 11.8 Å². The van der Waals surface area contributed by atoms with Crippen molar-refractivity contribution in [3.05, 3.63) is 0 Å². The van der Waals surface area contributed by atoms with Crippen molar-refractivity contribution in [1.29, 1.82) is 0 Å². The van der Waals surface area contributed by atoms with E-state index in [0.717, 1.165) is 11.8 Å². The third-order valence-electron chi connectivity index (χ3n) is 1.85. The van der Waals surface area contributed by atoms with Gasteiger partial charge >= 0.3 is 0 Å². The lowest BCUT2D eigenvalue weighted by Gasteiger charge is -2.13. The number of hydrogen-bond acceptors (Lipinski definition) is 0. The molecule has 0 rings (SSSR count). The fourth-order valence-electron chi connectivity index (χ4n) is 1.36. The van der Waals surface area contributed by atoms with Gasteiger partial charge in [-0.05, 0) is 18.3 Å². The Kier molecular flexibility index (Phi) is 6.91. The lowest BCUT2D eigenvalue weighted by molar-refractivity contribution is 0.418. The summed E-state index contributed by atoms with van der Waals surface area (Å²) in [7, 11) is 0. The van der Waals surface area contributed by atoms with E-state index in [9.17, 15) is 0 Å². The van der Waals surface area contributed by atoms with Crippen molar-refractivity contribution in [3.63, 3.8) is 0 Å². The molecule has 0 radical (unpaired) electrons. The molecule has 0 heterocycles. The number of hydrogen-bond donors (Lipinski definition) is 0. The topological polar surface area (TPSA) is 0 Å². The summed E-state index contributed by atoms with van der Waals surface area (Å²) in [5.41, 5.74) is 0. The van der Waals surface area contributed by atoms with Gasteiger partial charge in [-0.1, -0.05) is 56.2 Å². The molecule has 0 amide bonds. The zero-order valence-electron chi connectivity index (χ0n) is 7.36. The van der Waals surface area contributed by atoms with Gasteiger partial charge < -0.3 is 0 Å². The van der Waals surface area contributed by atoms with Crippen LogP contribution in [0.4, 0.5) is 0 Å². The first-order valence-corrected chi connectivity index (χ1v) is 5.79. The molecule has 0 fully saturated rings. The summed E-state index contributed by atoms with van der Waals surface area (Å²) in [5.74, 6) is 1.86. The fraction of sp³-hybridized carbons (Fsp3) is 1.00. The van der Waals surface area contributed by atoms with Gasteiger partial charge in [-0.15, -0.1) is 0 Å². The summed E-state index contributed by atoms with van der Waals surface area (Å²) in [5, 5.41) is 0. The van der Waals surface area contributed by atoms with Gasteiger partial charge in [0.2, 0.25) is 0 Å². The van der Waals surface area contributed by atoms with Gasteiger partial charge in [0.25, 0.3) is 0 Å². The molecule has 0 saturated heterocycles. The van der Waals surface area contributed by atoms with E-state index in [-0.39, 0.29) is 0 Å². The average Bonchev–Trinajstić information content (AvgIpc) is 1.88. The standard InChI is InChI=1S/C9H19I/c1-4-5-8(2)6-9(3)7-10/h8-9H,4-7H2,1-3H3/t8-,9-/m0/s1. The molecule has 0 aromatic carbocycles. The lowest BCUT2D eigenvalue weighted by atomic mass is 9.95. The highest BCUT2D eigenvalue weighted by atomic mass is 127. The molecule has 10 heavy (non-hydrogen) atoms. The van der Waals surface area contributed by atoms with Crippen LogP contribution in [-0.2, 0) is 0 Å². The zero-order valence-corrected chi connectivity index (χ0v) is 9.52. The highest BCUT2D eigenvalue weighted by molar-refractivity contribution is 14.1. The van der Waals surface area contributed by atoms with E-state index < -0.39 is 0 Å².